The predicted molar refractivity (Wildman–Crippen MR) is 57.4 cm³/mol. The molecule has 0 bridgehead atoms. The molecule has 1 aromatic heterocycles. The maximum Gasteiger partial charge on any atom is 0.261 e. The summed E-state index contributed by atoms with van der Waals surface area (Å²) in [7, 11) is 1.50. The van der Waals surface area contributed by atoms with Crippen LogP contribution >= 0.6 is 11.6 Å². The summed E-state index contributed by atoms with van der Waals surface area (Å²) in [6, 6.07) is 4.93. The number of nitrogens with zero attached hydrogens (tertiary/aromatic N) is 2. The summed E-state index contributed by atoms with van der Waals surface area (Å²) in [4.78, 5) is 26.5. The highest BCUT2D eigenvalue weighted by molar-refractivity contribution is 6.35. The molecule has 0 unspecified atom stereocenters. The minimum absolute atomic E-state index is 0.0700. The Hall–Kier alpha value is -1.68. The fourth-order valence-corrected chi connectivity index (χ4v) is 1.60. The van der Waals surface area contributed by atoms with Crippen LogP contribution < -0.4 is 5.56 Å². The second-order valence-corrected chi connectivity index (χ2v) is 3.50. The van der Waals surface area contributed by atoms with Crippen molar-refractivity contribution >= 4 is 28.8 Å². The van der Waals surface area contributed by atoms with Crippen molar-refractivity contribution < 1.29 is 4.79 Å². The van der Waals surface area contributed by atoms with Crippen LogP contribution in [0.2, 0.25) is 5.02 Å². The van der Waals surface area contributed by atoms with Crippen LogP contribution in [0, 0.1) is 0 Å². The molecule has 0 N–H and O–H groups in total. The molecular formula is C10H7ClN2O2. The van der Waals surface area contributed by atoms with Gasteiger partial charge in [0.15, 0.2) is 12.1 Å². The first-order valence-corrected chi connectivity index (χ1v) is 4.63. The maximum atomic E-state index is 11.8. The zero-order valence-corrected chi connectivity index (χ0v) is 8.65. The number of halogens is 1. The third kappa shape index (κ3) is 1.43. The molecule has 0 amide bonds. The van der Waals surface area contributed by atoms with Gasteiger partial charge in [0.2, 0.25) is 0 Å². The van der Waals surface area contributed by atoms with Gasteiger partial charge in [-0.1, -0.05) is 17.7 Å². The first-order valence-electron chi connectivity index (χ1n) is 4.25. The van der Waals surface area contributed by atoms with Crippen LogP contribution in [0.4, 0.5) is 0 Å². The summed E-state index contributed by atoms with van der Waals surface area (Å²) >= 11 is 5.88. The van der Waals surface area contributed by atoms with Gasteiger partial charge in [-0.05, 0) is 12.1 Å². The molecule has 0 aliphatic heterocycles. The number of para-hydroxylation sites is 1. The number of aromatic nitrogens is 2. The highest BCUT2D eigenvalue weighted by Gasteiger charge is 2.09. The molecule has 5 heteroatoms. The van der Waals surface area contributed by atoms with Gasteiger partial charge in [0.25, 0.3) is 5.56 Å². The number of aldehydes is 1. The molecular weight excluding hydrogens is 216 g/mol. The summed E-state index contributed by atoms with van der Waals surface area (Å²) in [6.07, 6.45) is 0.532. The van der Waals surface area contributed by atoms with E-state index in [2.05, 4.69) is 4.98 Å². The Morgan fingerprint density at radius 3 is 2.87 bits per heavy atom. The van der Waals surface area contributed by atoms with Crippen molar-refractivity contribution in [2.75, 3.05) is 0 Å². The molecule has 0 atom stereocenters. The van der Waals surface area contributed by atoms with Crippen LogP contribution in [0.15, 0.2) is 23.0 Å². The van der Waals surface area contributed by atoms with E-state index in [0.717, 1.165) is 0 Å². The van der Waals surface area contributed by atoms with Crippen molar-refractivity contribution in [2.45, 2.75) is 0 Å². The molecule has 15 heavy (non-hydrogen) atoms. The van der Waals surface area contributed by atoms with Gasteiger partial charge in [-0.25, -0.2) is 4.98 Å². The van der Waals surface area contributed by atoms with Gasteiger partial charge in [-0.15, -0.1) is 0 Å². The van der Waals surface area contributed by atoms with Crippen LogP contribution in [0.5, 0.6) is 0 Å². The van der Waals surface area contributed by atoms with Crippen LogP contribution in [0.25, 0.3) is 10.9 Å². The quantitative estimate of drug-likeness (QED) is 0.686. The zero-order valence-electron chi connectivity index (χ0n) is 7.90. The van der Waals surface area contributed by atoms with Crippen LogP contribution in [0.3, 0.4) is 0 Å². The number of hydrogen-bond acceptors (Lipinski definition) is 3. The van der Waals surface area contributed by atoms with E-state index < -0.39 is 0 Å². The Labute approximate surface area is 90.1 Å². The fourth-order valence-electron chi connectivity index (χ4n) is 1.38. The lowest BCUT2D eigenvalue weighted by molar-refractivity contribution is 0.111. The van der Waals surface area contributed by atoms with Gasteiger partial charge in [0.1, 0.15) is 0 Å². The number of hydrogen-bond donors (Lipinski definition) is 0. The molecule has 0 fully saturated rings. The average Bonchev–Trinajstić information content (AvgIpc) is 2.24. The Kier molecular flexibility index (Phi) is 2.28. The molecule has 0 spiro atoms. The number of benzene rings is 1. The van der Waals surface area contributed by atoms with E-state index in [4.69, 9.17) is 11.6 Å². The smallest absolute Gasteiger partial charge is 0.261 e. The monoisotopic (exact) mass is 222 g/mol. The van der Waals surface area contributed by atoms with Crippen molar-refractivity contribution in [3.8, 4) is 0 Å². The number of carbonyl (C=O) groups excluding carboxylic acids is 1. The second kappa shape index (κ2) is 3.47. The van der Waals surface area contributed by atoms with Crippen molar-refractivity contribution in [1.82, 2.24) is 9.55 Å². The molecule has 0 aliphatic carbocycles. The number of rotatable bonds is 1. The zero-order chi connectivity index (χ0) is 11.0. The van der Waals surface area contributed by atoms with E-state index in [1.165, 1.54) is 11.6 Å². The third-order valence-electron chi connectivity index (χ3n) is 2.20. The van der Waals surface area contributed by atoms with Crippen LogP contribution in [-0.2, 0) is 7.05 Å². The summed E-state index contributed by atoms with van der Waals surface area (Å²) in [6.45, 7) is 0. The SMILES string of the molecule is Cn1c(C=O)nc2c(Cl)cccc2c1=O. The largest absolute Gasteiger partial charge is 0.294 e. The lowest BCUT2D eigenvalue weighted by Gasteiger charge is -2.04. The van der Waals surface area contributed by atoms with E-state index in [1.54, 1.807) is 18.2 Å². The fraction of sp³-hybridized carbons (Fsp3) is 0.100. The lowest BCUT2D eigenvalue weighted by Crippen LogP contribution is -2.22. The van der Waals surface area contributed by atoms with Crippen LogP contribution in [-0.4, -0.2) is 15.8 Å². The second-order valence-electron chi connectivity index (χ2n) is 3.09. The van der Waals surface area contributed by atoms with Gasteiger partial charge in [0.05, 0.1) is 15.9 Å². The lowest BCUT2D eigenvalue weighted by atomic mass is 10.2. The standard InChI is InChI=1S/C10H7ClN2O2/c1-13-8(5-14)12-9-6(10(13)15)3-2-4-7(9)11/h2-5H,1H3. The minimum atomic E-state index is -0.274. The maximum absolute atomic E-state index is 11.8. The van der Waals surface area contributed by atoms with E-state index in [-0.39, 0.29) is 11.4 Å². The molecule has 76 valence electrons. The summed E-state index contributed by atoms with van der Waals surface area (Å²) in [5.41, 5.74) is 0.0916. The Balaban J connectivity index is 3.04. The molecule has 4 nitrogen and oxygen atoms in total. The molecule has 0 aliphatic rings. The molecule has 0 radical (unpaired) electrons. The van der Waals surface area contributed by atoms with Gasteiger partial charge in [-0.2, -0.15) is 0 Å². The molecule has 0 saturated heterocycles. The highest BCUT2D eigenvalue weighted by Crippen LogP contribution is 2.18. The summed E-state index contributed by atoms with van der Waals surface area (Å²) in [5.74, 6) is 0.0700. The van der Waals surface area contributed by atoms with E-state index >= 15 is 0 Å². The normalized spacial score (nSPS) is 10.5. The summed E-state index contributed by atoms with van der Waals surface area (Å²) in [5, 5.41) is 0.781. The molecule has 2 rings (SSSR count). The molecule has 1 aromatic carbocycles. The van der Waals surface area contributed by atoms with E-state index in [1.807, 2.05) is 0 Å². The Morgan fingerprint density at radius 2 is 2.20 bits per heavy atom. The highest BCUT2D eigenvalue weighted by atomic mass is 35.5. The van der Waals surface area contributed by atoms with Gasteiger partial charge < -0.3 is 0 Å². The number of carbonyl (C=O) groups is 1. The first-order chi connectivity index (χ1) is 7.15. The molecule has 0 saturated carbocycles. The predicted octanol–water partition coefficient (Wildman–Crippen LogP) is 1.40. The van der Waals surface area contributed by atoms with Gasteiger partial charge in [-0.3, -0.25) is 14.2 Å². The third-order valence-corrected chi connectivity index (χ3v) is 2.50. The van der Waals surface area contributed by atoms with Crippen molar-refractivity contribution in [2.24, 2.45) is 7.05 Å². The Bertz CT molecular complexity index is 604. The molecule has 2 aromatic rings. The first kappa shape index (κ1) is 9.86. The topological polar surface area (TPSA) is 52.0 Å². The molecule has 1 heterocycles. The van der Waals surface area contributed by atoms with Crippen molar-refractivity contribution in [3.05, 3.63) is 39.4 Å². The minimum Gasteiger partial charge on any atom is -0.294 e. The van der Waals surface area contributed by atoms with E-state index in [9.17, 15) is 9.59 Å². The summed E-state index contributed by atoms with van der Waals surface area (Å²) < 4.78 is 1.20. The van der Waals surface area contributed by atoms with Gasteiger partial charge in [0, 0.05) is 7.05 Å². The Morgan fingerprint density at radius 1 is 1.47 bits per heavy atom. The number of fused-ring (bicyclic) bond motifs is 1. The average molecular weight is 223 g/mol. The van der Waals surface area contributed by atoms with Crippen molar-refractivity contribution in [1.29, 1.82) is 0 Å². The van der Waals surface area contributed by atoms with Gasteiger partial charge >= 0.3 is 0 Å². The van der Waals surface area contributed by atoms with E-state index in [0.29, 0.717) is 22.2 Å². The van der Waals surface area contributed by atoms with Crippen molar-refractivity contribution in [3.63, 3.8) is 0 Å². The van der Waals surface area contributed by atoms with Crippen LogP contribution in [0.1, 0.15) is 10.6 Å².